The lowest BCUT2D eigenvalue weighted by Gasteiger charge is -2.29. The number of nitrogens with one attached hydrogen (secondary N) is 1. The quantitative estimate of drug-likeness (QED) is 0.425. The van der Waals surface area contributed by atoms with E-state index < -0.39 is 36.5 Å². The Balaban J connectivity index is 2.28. The van der Waals surface area contributed by atoms with E-state index in [2.05, 4.69) is 11.1 Å². The Hall–Kier alpha value is -2.47. The maximum Gasteiger partial charge on any atom is 0.329 e. The lowest BCUT2D eigenvalue weighted by atomic mass is 9.91. The molecule has 2 aromatic rings. The molecule has 162 valence electrons. The third-order valence-corrected chi connectivity index (χ3v) is 7.48. The number of hydrogen-bond donors (Lipinski definition) is 4. The van der Waals surface area contributed by atoms with E-state index in [0.29, 0.717) is 0 Å². The van der Waals surface area contributed by atoms with Gasteiger partial charge in [-0.1, -0.05) is 60.7 Å². The largest absolute Gasteiger partial charge is 0.480 e. The highest BCUT2D eigenvalue weighted by Crippen LogP contribution is 2.45. The average Bonchev–Trinajstić information content (AvgIpc) is 2.68. The third kappa shape index (κ3) is 6.52. The maximum atomic E-state index is 13.1. The van der Waals surface area contributed by atoms with E-state index in [0.717, 1.165) is 11.1 Å². The summed E-state index contributed by atoms with van der Waals surface area (Å²) in [6.45, 7) is 2.98. The van der Waals surface area contributed by atoms with Crippen molar-refractivity contribution in [3.05, 3.63) is 71.8 Å². The van der Waals surface area contributed by atoms with E-state index in [1.54, 1.807) is 24.3 Å². The number of carboxylic acid groups (broad SMARTS) is 1. The van der Waals surface area contributed by atoms with Crippen LogP contribution in [0.2, 0.25) is 0 Å². The zero-order valence-corrected chi connectivity index (χ0v) is 18.2. The van der Waals surface area contributed by atoms with Gasteiger partial charge >= 0.3 is 5.97 Å². The SMILES string of the molecule is C[C@H]([NH3+])P(=O)(O)C[C@@H](Cc1ccccc1)C(=O)N[C@@](C)(Cc1ccccc1)C(=O)O. The molecule has 2 rings (SSSR count). The Bertz CT molecular complexity index is 904. The molecule has 0 saturated heterocycles. The molecular formula is C22H30N2O5P+. The number of benzene rings is 2. The number of carbonyl (C=O) groups is 2. The van der Waals surface area contributed by atoms with Gasteiger partial charge in [0, 0.05) is 12.6 Å². The highest BCUT2D eigenvalue weighted by Gasteiger charge is 2.40. The summed E-state index contributed by atoms with van der Waals surface area (Å²) < 4.78 is 12.6. The molecule has 1 unspecified atom stereocenters. The van der Waals surface area contributed by atoms with Crippen LogP contribution in [0.1, 0.15) is 25.0 Å². The fourth-order valence-electron chi connectivity index (χ4n) is 3.19. The summed E-state index contributed by atoms with van der Waals surface area (Å²) in [7, 11) is -3.69. The molecule has 0 aromatic heterocycles. The van der Waals surface area contributed by atoms with Crippen molar-refractivity contribution in [2.45, 2.75) is 38.0 Å². The number of carboxylic acids is 1. The van der Waals surface area contributed by atoms with Crippen molar-refractivity contribution in [2.24, 2.45) is 5.92 Å². The molecule has 8 heteroatoms. The van der Waals surface area contributed by atoms with Crippen LogP contribution in [0.3, 0.4) is 0 Å². The van der Waals surface area contributed by atoms with E-state index in [1.807, 2.05) is 36.4 Å². The number of quaternary nitrogens is 1. The van der Waals surface area contributed by atoms with Crippen LogP contribution in [0, 0.1) is 5.92 Å². The van der Waals surface area contributed by atoms with Crippen LogP contribution in [0.15, 0.2) is 60.7 Å². The van der Waals surface area contributed by atoms with Gasteiger partial charge in [0.15, 0.2) is 5.78 Å². The van der Waals surface area contributed by atoms with Gasteiger partial charge in [-0.25, -0.2) is 4.79 Å². The van der Waals surface area contributed by atoms with E-state index in [1.165, 1.54) is 13.8 Å². The highest BCUT2D eigenvalue weighted by atomic mass is 31.2. The van der Waals surface area contributed by atoms with Crippen molar-refractivity contribution in [2.75, 3.05) is 6.16 Å². The van der Waals surface area contributed by atoms with Crippen LogP contribution in [-0.4, -0.2) is 39.4 Å². The first-order valence-corrected chi connectivity index (χ1v) is 11.7. The molecule has 0 bridgehead atoms. The maximum absolute atomic E-state index is 13.1. The Labute approximate surface area is 176 Å². The number of aliphatic carboxylic acids is 1. The number of hydrogen-bond acceptors (Lipinski definition) is 3. The first-order chi connectivity index (χ1) is 14.0. The van der Waals surface area contributed by atoms with E-state index >= 15 is 0 Å². The second kappa shape index (κ2) is 10.0. The monoisotopic (exact) mass is 433 g/mol. The van der Waals surface area contributed by atoms with E-state index in [-0.39, 0.29) is 19.0 Å². The summed E-state index contributed by atoms with van der Waals surface area (Å²) in [4.78, 5) is 35.5. The van der Waals surface area contributed by atoms with Crippen LogP contribution >= 0.6 is 7.37 Å². The van der Waals surface area contributed by atoms with Crippen molar-refractivity contribution in [3.63, 3.8) is 0 Å². The van der Waals surface area contributed by atoms with Crippen molar-refractivity contribution >= 4 is 19.2 Å². The van der Waals surface area contributed by atoms with Crippen LogP contribution < -0.4 is 11.1 Å². The molecule has 7 nitrogen and oxygen atoms in total. The van der Waals surface area contributed by atoms with Crippen LogP contribution in [0.5, 0.6) is 0 Å². The summed E-state index contributed by atoms with van der Waals surface area (Å²) in [5.74, 6) is -3.33. The van der Waals surface area contributed by atoms with Gasteiger partial charge in [0.1, 0.15) is 5.54 Å². The third-order valence-electron chi connectivity index (χ3n) is 5.14. The Morgan fingerprint density at radius 1 is 1.07 bits per heavy atom. The molecule has 0 aliphatic heterocycles. The molecule has 0 saturated carbocycles. The second-order valence-corrected chi connectivity index (χ2v) is 10.7. The summed E-state index contributed by atoms with van der Waals surface area (Å²) in [6.07, 6.45) is 0.0555. The molecule has 0 aliphatic carbocycles. The molecule has 30 heavy (non-hydrogen) atoms. The Kier molecular flexibility index (Phi) is 7.96. The van der Waals surface area contributed by atoms with Gasteiger partial charge in [-0.05, 0) is 31.4 Å². The van der Waals surface area contributed by atoms with E-state index in [9.17, 15) is 24.2 Å². The van der Waals surface area contributed by atoms with Crippen LogP contribution in [0.25, 0.3) is 0 Å². The molecule has 0 aliphatic rings. The molecule has 0 heterocycles. The highest BCUT2D eigenvalue weighted by molar-refractivity contribution is 7.58. The number of amides is 1. The van der Waals surface area contributed by atoms with Gasteiger partial charge in [0.2, 0.25) is 5.91 Å². The molecule has 1 amide bonds. The zero-order valence-electron chi connectivity index (χ0n) is 17.3. The molecule has 2 aromatic carbocycles. The van der Waals surface area contributed by atoms with Gasteiger partial charge in [-0.3, -0.25) is 9.36 Å². The number of rotatable bonds is 10. The predicted molar refractivity (Wildman–Crippen MR) is 115 cm³/mol. The Morgan fingerprint density at radius 3 is 2.03 bits per heavy atom. The van der Waals surface area contributed by atoms with Crippen LogP contribution in [0.4, 0.5) is 0 Å². The molecule has 6 N–H and O–H groups in total. The minimum absolute atomic E-state index is 0.0928. The zero-order chi connectivity index (χ0) is 22.4. The predicted octanol–water partition coefficient (Wildman–Crippen LogP) is 1.91. The van der Waals surface area contributed by atoms with Gasteiger partial charge < -0.3 is 21.1 Å². The summed E-state index contributed by atoms with van der Waals surface area (Å²) in [5.41, 5.74) is 3.69. The number of carbonyl (C=O) groups excluding carboxylic acids is 1. The fraction of sp³-hybridized carbons (Fsp3) is 0.364. The normalized spacial score (nSPS) is 17.2. The van der Waals surface area contributed by atoms with Gasteiger partial charge in [-0.15, -0.1) is 0 Å². The molecule has 0 radical (unpaired) electrons. The molecule has 0 fully saturated rings. The van der Waals surface area contributed by atoms with Crippen molar-refractivity contribution < 1.29 is 29.9 Å². The van der Waals surface area contributed by atoms with E-state index in [4.69, 9.17) is 0 Å². The first-order valence-electron chi connectivity index (χ1n) is 9.81. The first kappa shape index (κ1) is 23.8. The van der Waals surface area contributed by atoms with Gasteiger partial charge in [-0.2, -0.15) is 0 Å². The minimum Gasteiger partial charge on any atom is -0.480 e. The summed E-state index contributed by atoms with van der Waals surface area (Å²) in [6, 6.07) is 18.2. The van der Waals surface area contributed by atoms with Crippen molar-refractivity contribution in [3.8, 4) is 0 Å². The Morgan fingerprint density at radius 2 is 1.57 bits per heavy atom. The lowest BCUT2D eigenvalue weighted by molar-refractivity contribution is -0.385. The molecule has 0 spiro atoms. The average molecular weight is 433 g/mol. The smallest absolute Gasteiger partial charge is 0.329 e. The second-order valence-electron chi connectivity index (χ2n) is 7.96. The van der Waals surface area contributed by atoms with Crippen molar-refractivity contribution in [1.82, 2.24) is 5.32 Å². The lowest BCUT2D eigenvalue weighted by Crippen LogP contribution is -2.59. The fourth-order valence-corrected chi connectivity index (χ4v) is 4.47. The van der Waals surface area contributed by atoms with Gasteiger partial charge in [0.05, 0.1) is 5.92 Å². The van der Waals surface area contributed by atoms with Crippen LogP contribution in [-0.2, 0) is 27.0 Å². The molecule has 4 atom stereocenters. The standard InChI is InChI=1S/C22H29N2O5P/c1-16(23)30(28,29)15-19(13-17-9-5-3-6-10-17)20(25)24-22(2,21(26)27)14-18-11-7-4-8-12-18/h3-12,16,19H,13-15,23H2,1-2H3,(H,24,25)(H,26,27)(H,28,29)/p+1/t16-,19-,22+/m1/s1. The minimum atomic E-state index is -3.69. The summed E-state index contributed by atoms with van der Waals surface area (Å²) >= 11 is 0. The molecular weight excluding hydrogens is 403 g/mol. The topological polar surface area (TPSA) is 131 Å². The van der Waals surface area contributed by atoms with Crippen molar-refractivity contribution in [1.29, 1.82) is 0 Å². The van der Waals surface area contributed by atoms with Gasteiger partial charge in [0.25, 0.3) is 7.37 Å². The summed E-state index contributed by atoms with van der Waals surface area (Å²) in [5, 5.41) is 12.4.